The molecule has 0 radical (unpaired) electrons. The minimum Gasteiger partial charge on any atom is -0.496 e. The molecule has 0 aromatic heterocycles. The second-order valence-electron chi connectivity index (χ2n) is 8.47. The van der Waals surface area contributed by atoms with E-state index in [9.17, 15) is 4.79 Å². The summed E-state index contributed by atoms with van der Waals surface area (Å²) in [6.45, 7) is 3.82. The van der Waals surface area contributed by atoms with Crippen LogP contribution < -0.4 is 14.5 Å². The lowest BCUT2D eigenvalue weighted by atomic mass is 9.89. The van der Waals surface area contributed by atoms with Crippen molar-refractivity contribution >= 4 is 17.3 Å². The van der Waals surface area contributed by atoms with Crippen LogP contribution in [-0.2, 0) is 11.2 Å². The highest BCUT2D eigenvalue weighted by Crippen LogP contribution is 2.50. The van der Waals surface area contributed by atoms with Crippen molar-refractivity contribution in [2.24, 2.45) is 0 Å². The van der Waals surface area contributed by atoms with Crippen LogP contribution in [0.2, 0.25) is 0 Å². The van der Waals surface area contributed by atoms with Crippen LogP contribution in [0.5, 0.6) is 5.75 Å². The van der Waals surface area contributed by atoms with E-state index in [1.165, 1.54) is 16.8 Å². The number of piperidine rings is 1. The Morgan fingerprint density at radius 1 is 1.14 bits per heavy atom. The van der Waals surface area contributed by atoms with Gasteiger partial charge in [0.25, 0.3) is 0 Å². The van der Waals surface area contributed by atoms with E-state index >= 15 is 0 Å². The molecule has 0 spiro atoms. The van der Waals surface area contributed by atoms with Crippen molar-refractivity contribution in [2.75, 3.05) is 50.1 Å². The van der Waals surface area contributed by atoms with Gasteiger partial charge in [0, 0.05) is 32.1 Å². The first-order valence-corrected chi connectivity index (χ1v) is 10.7. The molecule has 2 unspecified atom stereocenters. The number of likely N-dealkylation sites (tertiary alicyclic amines) is 1. The summed E-state index contributed by atoms with van der Waals surface area (Å²) in [5.74, 6) is 1.70. The molecule has 0 saturated carbocycles. The van der Waals surface area contributed by atoms with E-state index in [4.69, 9.17) is 4.74 Å². The summed E-state index contributed by atoms with van der Waals surface area (Å²) in [5, 5.41) is 0. The van der Waals surface area contributed by atoms with E-state index in [0.717, 1.165) is 50.3 Å². The Kier molecular flexibility index (Phi) is 4.70. The van der Waals surface area contributed by atoms with E-state index in [2.05, 4.69) is 40.1 Å². The lowest BCUT2D eigenvalue weighted by molar-refractivity contribution is -0.117. The monoisotopic (exact) mass is 391 g/mol. The van der Waals surface area contributed by atoms with Gasteiger partial charge >= 0.3 is 0 Å². The standard InChI is InChI=1S/C24H29N3O2/c1-25-21-10-5-9-18-19-15-26(13-6-8-17-7-3-4-11-22(17)29-2)14-12-20(19)27(24(18)21)16-23(25)28/h3-5,7,9-11,19-20H,6,8,12-16H2,1-2H3. The van der Waals surface area contributed by atoms with E-state index in [0.29, 0.717) is 18.5 Å². The van der Waals surface area contributed by atoms with E-state index < -0.39 is 0 Å². The summed E-state index contributed by atoms with van der Waals surface area (Å²) in [6.07, 6.45) is 3.31. The minimum atomic E-state index is 0.203. The zero-order valence-electron chi connectivity index (χ0n) is 17.3. The number of methoxy groups -OCH3 is 1. The second kappa shape index (κ2) is 7.38. The predicted octanol–water partition coefficient (Wildman–Crippen LogP) is 3.28. The normalized spacial score (nSPS) is 23.2. The van der Waals surface area contributed by atoms with Gasteiger partial charge in [-0.1, -0.05) is 30.3 Å². The number of nitrogens with zero attached hydrogens (tertiary/aromatic N) is 3. The van der Waals surface area contributed by atoms with E-state index in [1.807, 2.05) is 24.1 Å². The number of likely N-dealkylation sites (N-methyl/N-ethyl adjacent to an activating group) is 1. The van der Waals surface area contributed by atoms with Crippen molar-refractivity contribution < 1.29 is 9.53 Å². The maximum atomic E-state index is 12.5. The molecule has 1 saturated heterocycles. The Morgan fingerprint density at radius 3 is 2.86 bits per heavy atom. The van der Waals surface area contributed by atoms with E-state index in [-0.39, 0.29) is 5.91 Å². The van der Waals surface area contributed by atoms with Crippen LogP contribution in [0.1, 0.15) is 29.9 Å². The quantitative estimate of drug-likeness (QED) is 0.784. The lowest BCUT2D eigenvalue weighted by Crippen LogP contribution is -2.51. The summed E-state index contributed by atoms with van der Waals surface area (Å²) in [5.41, 5.74) is 5.11. The largest absolute Gasteiger partial charge is 0.496 e. The molecule has 5 heteroatoms. The number of hydrogen-bond donors (Lipinski definition) is 0. The zero-order valence-corrected chi connectivity index (χ0v) is 17.3. The van der Waals surface area contributed by atoms with Gasteiger partial charge in [-0.3, -0.25) is 4.79 Å². The molecule has 152 valence electrons. The molecule has 0 aliphatic carbocycles. The first kappa shape index (κ1) is 18.5. The van der Waals surface area contributed by atoms with Gasteiger partial charge in [-0.05, 0) is 49.1 Å². The number of rotatable bonds is 5. The topological polar surface area (TPSA) is 36.0 Å². The number of amides is 1. The third kappa shape index (κ3) is 3.08. The number of aryl methyl sites for hydroxylation is 1. The summed E-state index contributed by atoms with van der Waals surface area (Å²) < 4.78 is 5.49. The zero-order chi connectivity index (χ0) is 20.0. The number of fused-ring (bicyclic) bond motifs is 3. The second-order valence-corrected chi connectivity index (χ2v) is 8.47. The minimum absolute atomic E-state index is 0.203. The van der Waals surface area contributed by atoms with Crippen molar-refractivity contribution in [1.29, 1.82) is 0 Å². The van der Waals surface area contributed by atoms with Gasteiger partial charge in [0.15, 0.2) is 0 Å². The van der Waals surface area contributed by atoms with Crippen LogP contribution in [0.4, 0.5) is 11.4 Å². The highest BCUT2D eigenvalue weighted by molar-refractivity contribution is 6.04. The van der Waals surface area contributed by atoms with Gasteiger partial charge < -0.3 is 19.4 Å². The number of carbonyl (C=O) groups excluding carboxylic acids is 1. The van der Waals surface area contributed by atoms with Crippen LogP contribution >= 0.6 is 0 Å². The van der Waals surface area contributed by atoms with Crippen LogP contribution in [-0.4, -0.2) is 57.2 Å². The third-order valence-corrected chi connectivity index (χ3v) is 6.95. The number of ether oxygens (including phenoxy) is 1. The molecule has 29 heavy (non-hydrogen) atoms. The molecule has 1 amide bonds. The smallest absolute Gasteiger partial charge is 0.246 e. The molecule has 2 aromatic rings. The molecule has 2 atom stereocenters. The average Bonchev–Trinajstić information content (AvgIpc) is 3.06. The van der Waals surface area contributed by atoms with Crippen LogP contribution in [0.25, 0.3) is 0 Å². The summed E-state index contributed by atoms with van der Waals surface area (Å²) in [6, 6.07) is 15.3. The van der Waals surface area contributed by atoms with Gasteiger partial charge in [0.05, 0.1) is 25.0 Å². The van der Waals surface area contributed by atoms with Crippen LogP contribution in [0.15, 0.2) is 42.5 Å². The van der Waals surface area contributed by atoms with Gasteiger partial charge in [-0.2, -0.15) is 0 Å². The van der Waals surface area contributed by atoms with Crippen LogP contribution in [0, 0.1) is 0 Å². The molecule has 3 aliphatic heterocycles. The highest BCUT2D eigenvalue weighted by Gasteiger charge is 2.46. The number of anilines is 2. The third-order valence-electron chi connectivity index (χ3n) is 6.95. The first-order valence-electron chi connectivity index (χ1n) is 10.7. The van der Waals surface area contributed by atoms with Gasteiger partial charge in [-0.25, -0.2) is 0 Å². The van der Waals surface area contributed by atoms with Crippen molar-refractivity contribution in [3.63, 3.8) is 0 Å². The SMILES string of the molecule is COc1ccccc1CCCN1CCC2C(C1)c1cccc3c1N2CC(=O)N3C. The van der Waals surface area contributed by atoms with Crippen molar-refractivity contribution in [3.05, 3.63) is 53.6 Å². The summed E-state index contributed by atoms with van der Waals surface area (Å²) in [7, 11) is 3.65. The van der Waals surface area contributed by atoms with Crippen LogP contribution in [0.3, 0.4) is 0 Å². The predicted molar refractivity (Wildman–Crippen MR) is 116 cm³/mol. The fraction of sp³-hybridized carbons (Fsp3) is 0.458. The fourth-order valence-corrected chi connectivity index (χ4v) is 5.47. The maximum absolute atomic E-state index is 12.5. The van der Waals surface area contributed by atoms with Gasteiger partial charge in [0.1, 0.15) is 5.75 Å². The summed E-state index contributed by atoms with van der Waals surface area (Å²) in [4.78, 5) is 19.3. The molecule has 3 aliphatic rings. The molecular formula is C24H29N3O2. The number of hydrogen-bond acceptors (Lipinski definition) is 4. The Hall–Kier alpha value is -2.53. The Bertz CT molecular complexity index is 928. The maximum Gasteiger partial charge on any atom is 0.246 e. The van der Waals surface area contributed by atoms with Gasteiger partial charge in [-0.15, -0.1) is 0 Å². The Labute approximate surface area is 172 Å². The van der Waals surface area contributed by atoms with Crippen molar-refractivity contribution in [2.45, 2.75) is 31.2 Å². The molecule has 5 rings (SSSR count). The van der Waals surface area contributed by atoms with Crippen molar-refractivity contribution in [1.82, 2.24) is 4.90 Å². The Morgan fingerprint density at radius 2 is 2.00 bits per heavy atom. The molecule has 0 bridgehead atoms. The molecule has 3 heterocycles. The first-order chi connectivity index (χ1) is 14.2. The van der Waals surface area contributed by atoms with Crippen molar-refractivity contribution in [3.8, 4) is 5.75 Å². The molecule has 5 nitrogen and oxygen atoms in total. The fourth-order valence-electron chi connectivity index (χ4n) is 5.47. The number of carbonyl (C=O) groups is 1. The highest BCUT2D eigenvalue weighted by atomic mass is 16.5. The number of para-hydroxylation sites is 2. The summed E-state index contributed by atoms with van der Waals surface area (Å²) >= 11 is 0. The Balaban J connectivity index is 1.28. The molecular weight excluding hydrogens is 362 g/mol. The molecule has 0 N–H and O–H groups in total. The average molecular weight is 392 g/mol. The van der Waals surface area contributed by atoms with Gasteiger partial charge in [0.2, 0.25) is 5.91 Å². The number of benzene rings is 2. The molecule has 1 fully saturated rings. The lowest BCUT2D eigenvalue weighted by Gasteiger charge is -2.41. The van der Waals surface area contributed by atoms with E-state index in [1.54, 1.807) is 7.11 Å². The molecule has 2 aromatic carbocycles.